The highest BCUT2D eigenvalue weighted by molar-refractivity contribution is 7.86. The Morgan fingerprint density at radius 2 is 1.71 bits per heavy atom. The van der Waals surface area contributed by atoms with Gasteiger partial charge in [0.15, 0.2) is 6.10 Å². The summed E-state index contributed by atoms with van der Waals surface area (Å²) in [4.78, 5) is 14.1. The molecule has 0 bridgehead atoms. The molecule has 1 rings (SSSR count). The molecular weight excluding hydrogens is 348 g/mol. The van der Waals surface area contributed by atoms with Crippen LogP contribution in [-0.4, -0.2) is 71.1 Å². The van der Waals surface area contributed by atoms with Crippen molar-refractivity contribution in [3.63, 3.8) is 0 Å². The molecule has 136 valence electrons. The number of carboxylic acid groups (broad SMARTS) is 1. The van der Waals surface area contributed by atoms with E-state index >= 15 is 0 Å². The van der Waals surface area contributed by atoms with E-state index in [2.05, 4.69) is 9.07 Å². The largest absolute Gasteiger partial charge is 0.479 e. The third-order valence-electron chi connectivity index (χ3n) is 3.12. The van der Waals surface area contributed by atoms with Gasteiger partial charge >= 0.3 is 5.97 Å². The molecule has 1 aromatic carbocycles. The Morgan fingerprint density at radius 3 is 2.17 bits per heavy atom. The lowest BCUT2D eigenvalue weighted by molar-refractivity contribution is -0.322. The van der Waals surface area contributed by atoms with Gasteiger partial charge in [0, 0.05) is 0 Å². The predicted molar refractivity (Wildman–Crippen MR) is 77.5 cm³/mol. The standard InChI is InChI=1S/C13H18O10S/c1-7-2-4-8(5-3-7)24(20,21)22-6-9(14)12(23-19)10(15)11(16)13(17)18/h2-5,9-12,14-16,19H,6H2,1H3,(H,17,18)/t9-,10+,11-,12+/m1/s1. The van der Waals surface area contributed by atoms with Crippen LogP contribution < -0.4 is 0 Å². The van der Waals surface area contributed by atoms with Crippen LogP contribution in [0.4, 0.5) is 0 Å². The quantitative estimate of drug-likeness (QED) is 0.201. The number of aliphatic hydroxyl groups is 3. The molecule has 0 aliphatic heterocycles. The first-order valence-electron chi connectivity index (χ1n) is 6.63. The number of hydrogen-bond donors (Lipinski definition) is 5. The highest BCUT2D eigenvalue weighted by atomic mass is 32.2. The predicted octanol–water partition coefficient (Wildman–Crippen LogP) is -1.27. The van der Waals surface area contributed by atoms with Crippen molar-refractivity contribution in [3.8, 4) is 0 Å². The minimum absolute atomic E-state index is 0.187. The first kappa shape index (κ1) is 20.4. The Kier molecular flexibility index (Phi) is 7.23. The molecule has 0 amide bonds. The van der Waals surface area contributed by atoms with Crippen LogP contribution in [-0.2, 0) is 24.0 Å². The van der Waals surface area contributed by atoms with Gasteiger partial charge in [-0.3, -0.25) is 9.44 Å². The molecule has 24 heavy (non-hydrogen) atoms. The first-order chi connectivity index (χ1) is 11.1. The Morgan fingerprint density at radius 1 is 1.17 bits per heavy atom. The van der Waals surface area contributed by atoms with Crippen molar-refractivity contribution in [2.75, 3.05) is 6.61 Å². The highest BCUT2D eigenvalue weighted by Crippen LogP contribution is 2.15. The van der Waals surface area contributed by atoms with Gasteiger partial charge in [-0.25, -0.2) is 9.68 Å². The summed E-state index contributed by atoms with van der Waals surface area (Å²) in [5.74, 6) is -1.83. The molecule has 0 heterocycles. The van der Waals surface area contributed by atoms with E-state index in [1.807, 2.05) is 0 Å². The molecule has 0 aliphatic rings. The molecule has 0 aromatic heterocycles. The molecule has 10 nitrogen and oxygen atoms in total. The van der Waals surface area contributed by atoms with Crippen LogP contribution in [0.5, 0.6) is 0 Å². The number of aryl methyl sites for hydroxylation is 1. The maximum Gasteiger partial charge on any atom is 0.335 e. The molecule has 0 radical (unpaired) electrons. The van der Waals surface area contributed by atoms with Crippen LogP contribution >= 0.6 is 0 Å². The number of benzene rings is 1. The average Bonchev–Trinajstić information content (AvgIpc) is 2.53. The molecule has 0 aliphatic carbocycles. The smallest absolute Gasteiger partial charge is 0.335 e. The van der Waals surface area contributed by atoms with Crippen molar-refractivity contribution in [1.82, 2.24) is 0 Å². The summed E-state index contributed by atoms with van der Waals surface area (Å²) >= 11 is 0. The second-order valence-corrected chi connectivity index (χ2v) is 6.58. The Bertz CT molecular complexity index is 641. The Balaban J connectivity index is 2.76. The van der Waals surface area contributed by atoms with E-state index in [0.717, 1.165) is 5.56 Å². The zero-order chi connectivity index (χ0) is 18.5. The molecule has 0 saturated heterocycles. The summed E-state index contributed by atoms with van der Waals surface area (Å²) in [7, 11) is -4.23. The lowest BCUT2D eigenvalue weighted by Gasteiger charge is -2.25. The van der Waals surface area contributed by atoms with Crippen LogP contribution in [0.2, 0.25) is 0 Å². The molecule has 11 heteroatoms. The van der Waals surface area contributed by atoms with Crippen LogP contribution in [0.25, 0.3) is 0 Å². The minimum Gasteiger partial charge on any atom is -0.479 e. The Labute approximate surface area is 137 Å². The zero-order valence-electron chi connectivity index (χ0n) is 12.5. The van der Waals surface area contributed by atoms with Gasteiger partial charge < -0.3 is 20.4 Å². The first-order valence-corrected chi connectivity index (χ1v) is 8.04. The van der Waals surface area contributed by atoms with Gasteiger partial charge in [-0.2, -0.15) is 8.42 Å². The van der Waals surface area contributed by atoms with Gasteiger partial charge in [0.25, 0.3) is 10.1 Å². The van der Waals surface area contributed by atoms with Crippen molar-refractivity contribution in [1.29, 1.82) is 0 Å². The van der Waals surface area contributed by atoms with Crippen molar-refractivity contribution < 1.29 is 48.0 Å². The molecule has 4 atom stereocenters. The minimum atomic E-state index is -4.23. The maximum atomic E-state index is 11.9. The fraction of sp³-hybridized carbons (Fsp3) is 0.462. The summed E-state index contributed by atoms with van der Waals surface area (Å²) in [6.45, 7) is 0.796. The molecule has 1 aromatic rings. The highest BCUT2D eigenvalue weighted by Gasteiger charge is 2.37. The van der Waals surface area contributed by atoms with E-state index in [-0.39, 0.29) is 4.90 Å². The normalized spacial score (nSPS) is 17.0. The SMILES string of the molecule is Cc1ccc(S(=O)(=O)OC[C@@H](O)[C@H](OO)[C@@H](O)[C@@H](O)C(=O)O)cc1. The van der Waals surface area contributed by atoms with Crippen molar-refractivity contribution in [2.24, 2.45) is 0 Å². The zero-order valence-corrected chi connectivity index (χ0v) is 13.3. The van der Waals surface area contributed by atoms with Gasteiger partial charge in [0.2, 0.25) is 0 Å². The van der Waals surface area contributed by atoms with Crippen LogP contribution in [0, 0.1) is 6.92 Å². The summed E-state index contributed by atoms with van der Waals surface area (Å²) in [5.41, 5.74) is 0.813. The maximum absolute atomic E-state index is 11.9. The number of carboxylic acids is 1. The van der Waals surface area contributed by atoms with Crippen molar-refractivity contribution in [3.05, 3.63) is 29.8 Å². The van der Waals surface area contributed by atoms with Crippen LogP contribution in [0.15, 0.2) is 29.2 Å². The van der Waals surface area contributed by atoms with Gasteiger partial charge in [0.05, 0.1) is 11.5 Å². The number of carbonyl (C=O) groups is 1. The molecule has 5 N–H and O–H groups in total. The lowest BCUT2D eigenvalue weighted by Crippen LogP contribution is -2.50. The second-order valence-electron chi connectivity index (χ2n) is 4.96. The van der Waals surface area contributed by atoms with E-state index in [1.54, 1.807) is 6.92 Å². The topological polar surface area (TPSA) is 171 Å². The lowest BCUT2D eigenvalue weighted by atomic mass is 10.0. The fourth-order valence-corrected chi connectivity index (χ4v) is 2.64. The number of aliphatic carboxylic acids is 1. The third-order valence-corrected chi connectivity index (χ3v) is 4.41. The van der Waals surface area contributed by atoms with Crippen LogP contribution in [0.1, 0.15) is 5.56 Å². The monoisotopic (exact) mass is 366 g/mol. The van der Waals surface area contributed by atoms with Crippen molar-refractivity contribution in [2.45, 2.75) is 36.2 Å². The summed E-state index contributed by atoms with van der Waals surface area (Å²) in [6, 6.07) is 5.61. The number of rotatable bonds is 9. The summed E-state index contributed by atoms with van der Waals surface area (Å²) < 4.78 is 28.4. The summed E-state index contributed by atoms with van der Waals surface area (Å²) in [6.07, 6.45) is -8.55. The molecular formula is C13H18O10S. The molecule has 0 fully saturated rings. The van der Waals surface area contributed by atoms with E-state index in [9.17, 15) is 23.4 Å². The van der Waals surface area contributed by atoms with Crippen molar-refractivity contribution >= 4 is 16.1 Å². The Hall–Kier alpha value is -1.60. The van der Waals surface area contributed by atoms with Gasteiger partial charge in [0.1, 0.15) is 18.3 Å². The number of aliphatic hydroxyl groups excluding tert-OH is 3. The van der Waals surface area contributed by atoms with E-state index in [1.165, 1.54) is 24.3 Å². The molecule has 0 spiro atoms. The van der Waals surface area contributed by atoms with E-state index in [0.29, 0.717) is 0 Å². The van der Waals surface area contributed by atoms with E-state index in [4.69, 9.17) is 15.5 Å². The summed E-state index contributed by atoms with van der Waals surface area (Å²) in [5, 5.41) is 45.6. The van der Waals surface area contributed by atoms with E-state index < -0.39 is 47.1 Å². The third kappa shape index (κ3) is 5.21. The van der Waals surface area contributed by atoms with Crippen LogP contribution in [0.3, 0.4) is 0 Å². The molecule has 0 saturated carbocycles. The van der Waals surface area contributed by atoms with Gasteiger partial charge in [-0.15, -0.1) is 0 Å². The number of hydrogen-bond acceptors (Lipinski definition) is 9. The fourth-order valence-electron chi connectivity index (χ4n) is 1.71. The average molecular weight is 366 g/mol. The van der Waals surface area contributed by atoms with Gasteiger partial charge in [-0.1, -0.05) is 17.7 Å². The van der Waals surface area contributed by atoms with Gasteiger partial charge in [-0.05, 0) is 19.1 Å². The molecule has 0 unspecified atom stereocenters. The second kappa shape index (κ2) is 8.48.